The monoisotopic (exact) mass is 258 g/mol. The molecule has 18 heavy (non-hydrogen) atoms. The number of amides is 1. The van der Waals surface area contributed by atoms with Gasteiger partial charge in [-0.2, -0.15) is 0 Å². The molecule has 1 saturated carbocycles. The van der Waals surface area contributed by atoms with E-state index in [0.717, 1.165) is 25.7 Å². The number of carbonyl (C=O) groups excluding carboxylic acids is 1. The average Bonchev–Trinajstić information content (AvgIpc) is 2.33. The molecule has 4 N–H and O–H groups in total. The summed E-state index contributed by atoms with van der Waals surface area (Å²) in [4.78, 5) is 12.0. The Morgan fingerprint density at radius 2 is 2.33 bits per heavy atom. The lowest BCUT2D eigenvalue weighted by atomic mass is 9.76. The van der Waals surface area contributed by atoms with Gasteiger partial charge in [0.2, 0.25) is 5.91 Å². The van der Waals surface area contributed by atoms with Gasteiger partial charge in [0.1, 0.15) is 0 Å². The maximum Gasteiger partial charge on any atom is 0.240 e. The van der Waals surface area contributed by atoms with E-state index < -0.39 is 5.54 Å². The lowest BCUT2D eigenvalue weighted by molar-refractivity contribution is -0.128. The molecule has 1 fully saturated rings. The molecule has 5 nitrogen and oxygen atoms in total. The van der Waals surface area contributed by atoms with Gasteiger partial charge in [0.05, 0.1) is 18.8 Å². The van der Waals surface area contributed by atoms with Crippen LogP contribution in [0.25, 0.3) is 0 Å². The van der Waals surface area contributed by atoms with E-state index in [9.17, 15) is 4.79 Å². The lowest BCUT2D eigenvalue weighted by Gasteiger charge is -2.35. The first kappa shape index (κ1) is 15.4. The number of hydrogen-bond acceptors (Lipinski definition) is 4. The Labute approximate surface area is 109 Å². The molecule has 5 heteroatoms. The Morgan fingerprint density at radius 3 is 3.00 bits per heavy atom. The van der Waals surface area contributed by atoms with Gasteiger partial charge >= 0.3 is 0 Å². The van der Waals surface area contributed by atoms with Crippen LogP contribution >= 0.6 is 0 Å². The van der Waals surface area contributed by atoms with Gasteiger partial charge in [0, 0.05) is 13.2 Å². The van der Waals surface area contributed by atoms with Crippen molar-refractivity contribution in [3.63, 3.8) is 0 Å². The molecule has 1 rings (SSSR count). The summed E-state index contributed by atoms with van der Waals surface area (Å²) in [6.45, 7) is 3.67. The SMILES string of the molecule is CC1CCCC(N)(C(=O)NCCCOCCO)C1. The van der Waals surface area contributed by atoms with E-state index in [0.29, 0.717) is 25.7 Å². The van der Waals surface area contributed by atoms with E-state index in [1.807, 2.05) is 0 Å². The number of nitrogens with two attached hydrogens (primary N) is 1. The molecule has 0 aromatic rings. The minimum Gasteiger partial charge on any atom is -0.394 e. The van der Waals surface area contributed by atoms with Gasteiger partial charge in [-0.1, -0.05) is 19.8 Å². The zero-order chi connectivity index (χ0) is 13.4. The van der Waals surface area contributed by atoms with E-state index in [-0.39, 0.29) is 12.5 Å². The Bertz CT molecular complexity index is 261. The summed E-state index contributed by atoms with van der Waals surface area (Å²) < 4.78 is 5.12. The van der Waals surface area contributed by atoms with Crippen LogP contribution in [0.1, 0.15) is 39.0 Å². The first-order valence-electron chi connectivity index (χ1n) is 6.84. The molecule has 1 amide bonds. The third-order valence-corrected chi connectivity index (χ3v) is 3.47. The summed E-state index contributed by atoms with van der Waals surface area (Å²) in [5.41, 5.74) is 5.50. The van der Waals surface area contributed by atoms with Crippen molar-refractivity contribution in [2.24, 2.45) is 11.7 Å². The fourth-order valence-electron chi connectivity index (χ4n) is 2.52. The van der Waals surface area contributed by atoms with Gasteiger partial charge in [0.25, 0.3) is 0 Å². The fourth-order valence-corrected chi connectivity index (χ4v) is 2.52. The van der Waals surface area contributed by atoms with Crippen molar-refractivity contribution >= 4 is 5.91 Å². The van der Waals surface area contributed by atoms with Crippen molar-refractivity contribution in [1.82, 2.24) is 5.32 Å². The summed E-state index contributed by atoms with van der Waals surface area (Å²) in [6.07, 6.45) is 4.51. The summed E-state index contributed by atoms with van der Waals surface area (Å²) >= 11 is 0. The molecule has 0 saturated heterocycles. The number of nitrogens with one attached hydrogen (secondary N) is 1. The molecule has 0 aromatic heterocycles. The van der Waals surface area contributed by atoms with Crippen LogP contribution in [0.3, 0.4) is 0 Å². The molecule has 0 heterocycles. The summed E-state index contributed by atoms with van der Waals surface area (Å²) in [5, 5.41) is 11.4. The summed E-state index contributed by atoms with van der Waals surface area (Å²) in [6, 6.07) is 0. The fraction of sp³-hybridized carbons (Fsp3) is 0.923. The molecule has 0 aliphatic heterocycles. The predicted octanol–water partition coefficient (Wildman–Crippen LogP) is 0.409. The third-order valence-electron chi connectivity index (χ3n) is 3.47. The van der Waals surface area contributed by atoms with E-state index in [1.165, 1.54) is 6.42 Å². The van der Waals surface area contributed by atoms with Gasteiger partial charge in [-0.05, 0) is 25.2 Å². The van der Waals surface area contributed by atoms with Crippen molar-refractivity contribution in [3.8, 4) is 0 Å². The number of rotatable bonds is 7. The number of hydrogen-bond donors (Lipinski definition) is 3. The normalized spacial score (nSPS) is 28.1. The van der Waals surface area contributed by atoms with E-state index >= 15 is 0 Å². The molecule has 0 aromatic carbocycles. The van der Waals surface area contributed by atoms with Crippen LogP contribution in [-0.4, -0.2) is 42.9 Å². The van der Waals surface area contributed by atoms with Crippen molar-refractivity contribution in [1.29, 1.82) is 0 Å². The highest BCUT2D eigenvalue weighted by Gasteiger charge is 2.37. The van der Waals surface area contributed by atoms with Crippen LogP contribution in [0.5, 0.6) is 0 Å². The molecule has 0 radical (unpaired) electrons. The molecule has 106 valence electrons. The van der Waals surface area contributed by atoms with Crippen LogP contribution in [0, 0.1) is 5.92 Å². The van der Waals surface area contributed by atoms with Gasteiger partial charge in [-0.3, -0.25) is 4.79 Å². The Hall–Kier alpha value is -0.650. The number of aliphatic hydroxyl groups is 1. The van der Waals surface area contributed by atoms with Crippen LogP contribution < -0.4 is 11.1 Å². The topological polar surface area (TPSA) is 84.6 Å². The molecular formula is C13H26N2O3. The number of carbonyl (C=O) groups is 1. The Balaban J connectivity index is 2.19. The zero-order valence-electron chi connectivity index (χ0n) is 11.3. The smallest absolute Gasteiger partial charge is 0.240 e. The minimum atomic E-state index is -0.677. The van der Waals surface area contributed by atoms with Gasteiger partial charge < -0.3 is 20.9 Å². The largest absolute Gasteiger partial charge is 0.394 e. The molecule has 2 atom stereocenters. The molecule has 1 aliphatic carbocycles. The van der Waals surface area contributed by atoms with Crippen molar-refractivity contribution in [3.05, 3.63) is 0 Å². The summed E-state index contributed by atoms with van der Waals surface area (Å²) in [7, 11) is 0. The van der Waals surface area contributed by atoms with Crippen LogP contribution in [0.2, 0.25) is 0 Å². The first-order chi connectivity index (χ1) is 8.58. The van der Waals surface area contributed by atoms with Gasteiger partial charge in [0.15, 0.2) is 0 Å². The zero-order valence-corrected chi connectivity index (χ0v) is 11.3. The maximum atomic E-state index is 12.0. The number of ether oxygens (including phenoxy) is 1. The minimum absolute atomic E-state index is 0.0313. The van der Waals surface area contributed by atoms with Crippen molar-refractivity contribution < 1.29 is 14.6 Å². The third kappa shape index (κ3) is 4.92. The predicted molar refractivity (Wildman–Crippen MR) is 70.1 cm³/mol. The van der Waals surface area contributed by atoms with Crippen molar-refractivity contribution in [2.45, 2.75) is 44.6 Å². The van der Waals surface area contributed by atoms with E-state index in [1.54, 1.807) is 0 Å². The van der Waals surface area contributed by atoms with E-state index in [4.69, 9.17) is 15.6 Å². The molecule has 0 bridgehead atoms. The summed E-state index contributed by atoms with van der Waals surface area (Å²) in [5.74, 6) is 0.499. The highest BCUT2D eigenvalue weighted by molar-refractivity contribution is 5.86. The standard InChI is InChI=1S/C13H26N2O3/c1-11-4-2-5-13(14,10-11)12(17)15-6-3-8-18-9-7-16/h11,16H,2-10,14H2,1H3,(H,15,17). The second kappa shape index (κ2) is 7.71. The Kier molecular flexibility index (Phi) is 6.60. The second-order valence-electron chi connectivity index (χ2n) is 5.30. The van der Waals surface area contributed by atoms with E-state index in [2.05, 4.69) is 12.2 Å². The van der Waals surface area contributed by atoms with Gasteiger partial charge in [-0.15, -0.1) is 0 Å². The molecule has 1 aliphatic rings. The second-order valence-corrected chi connectivity index (χ2v) is 5.30. The number of aliphatic hydroxyl groups excluding tert-OH is 1. The highest BCUT2D eigenvalue weighted by Crippen LogP contribution is 2.30. The van der Waals surface area contributed by atoms with Crippen LogP contribution in [-0.2, 0) is 9.53 Å². The van der Waals surface area contributed by atoms with Crippen LogP contribution in [0.4, 0.5) is 0 Å². The first-order valence-corrected chi connectivity index (χ1v) is 6.84. The lowest BCUT2D eigenvalue weighted by Crippen LogP contribution is -2.56. The average molecular weight is 258 g/mol. The Morgan fingerprint density at radius 1 is 1.56 bits per heavy atom. The quantitative estimate of drug-likeness (QED) is 0.577. The molecule has 0 spiro atoms. The van der Waals surface area contributed by atoms with Crippen molar-refractivity contribution in [2.75, 3.05) is 26.4 Å². The molecular weight excluding hydrogens is 232 g/mol. The van der Waals surface area contributed by atoms with Gasteiger partial charge in [-0.25, -0.2) is 0 Å². The van der Waals surface area contributed by atoms with Crippen LogP contribution in [0.15, 0.2) is 0 Å². The highest BCUT2D eigenvalue weighted by atomic mass is 16.5. The molecule has 2 unspecified atom stereocenters. The maximum absolute atomic E-state index is 12.0.